The maximum atomic E-state index is 10.9. The Morgan fingerprint density at radius 3 is 2.15 bits per heavy atom. The van der Waals surface area contributed by atoms with Crippen molar-refractivity contribution in [2.75, 3.05) is 6.54 Å². The van der Waals surface area contributed by atoms with Gasteiger partial charge in [0, 0.05) is 6.54 Å². The van der Waals surface area contributed by atoms with Crippen molar-refractivity contribution in [2.24, 2.45) is 20.3 Å². The number of nitrogens with zero attached hydrogens (tertiary/aromatic N) is 3. The summed E-state index contributed by atoms with van der Waals surface area (Å²) in [5, 5.41) is 0. The molecule has 0 aromatic heterocycles. The van der Waals surface area contributed by atoms with Crippen molar-refractivity contribution in [2.45, 2.75) is 13.3 Å². The zero-order valence-electron chi connectivity index (χ0n) is 7.14. The fourth-order valence-electron chi connectivity index (χ4n) is 0.925. The third kappa shape index (κ3) is 2.08. The third-order valence-corrected chi connectivity index (χ3v) is 2.25. The highest BCUT2D eigenvalue weighted by molar-refractivity contribution is 7.89. The first-order chi connectivity index (χ1) is 5.96. The smallest absolute Gasteiger partial charge is 0.368 e. The summed E-state index contributed by atoms with van der Waals surface area (Å²) < 4.78 is 28.1. The molecule has 1 aliphatic rings. The van der Waals surface area contributed by atoms with Crippen LogP contribution in [0.5, 0.6) is 0 Å². The normalized spacial score (nSPS) is 20.8. The van der Waals surface area contributed by atoms with Gasteiger partial charge in [-0.25, -0.2) is 0 Å². The molecule has 0 radical (unpaired) electrons. The molecular formula is C5H11N5O2S. The highest BCUT2D eigenvalue weighted by Gasteiger charge is 2.22. The van der Waals surface area contributed by atoms with E-state index in [9.17, 15) is 8.42 Å². The van der Waals surface area contributed by atoms with E-state index in [1.165, 1.54) is 4.90 Å². The van der Waals surface area contributed by atoms with E-state index >= 15 is 0 Å². The molecule has 4 N–H and O–H groups in total. The lowest BCUT2D eigenvalue weighted by Crippen LogP contribution is -2.49. The lowest BCUT2D eigenvalue weighted by Gasteiger charge is -2.23. The van der Waals surface area contributed by atoms with Crippen LogP contribution in [0.25, 0.3) is 0 Å². The van der Waals surface area contributed by atoms with Crippen LogP contribution in [0.1, 0.15) is 13.3 Å². The van der Waals surface area contributed by atoms with Gasteiger partial charge in [0.15, 0.2) is 0 Å². The van der Waals surface area contributed by atoms with Gasteiger partial charge in [0.05, 0.1) is 0 Å². The summed E-state index contributed by atoms with van der Waals surface area (Å²) in [6, 6.07) is 0. The Labute approximate surface area is 76.3 Å². The van der Waals surface area contributed by atoms with Gasteiger partial charge in [-0.05, 0) is 6.42 Å². The Hall–Kier alpha value is -1.31. The average Bonchev–Trinajstić information content (AvgIpc) is 1.94. The van der Waals surface area contributed by atoms with Gasteiger partial charge in [-0.3, -0.25) is 4.90 Å². The molecule has 74 valence electrons. The molecule has 8 heteroatoms. The third-order valence-electron chi connectivity index (χ3n) is 1.42. The van der Waals surface area contributed by atoms with Gasteiger partial charge in [-0.15, -0.1) is 8.80 Å². The molecule has 0 fully saturated rings. The molecule has 1 aliphatic heterocycles. The quantitative estimate of drug-likeness (QED) is 0.574. The summed E-state index contributed by atoms with van der Waals surface area (Å²) in [7, 11) is -3.85. The standard InChI is InChI=1S/C5H11N5O2S/c1-2-3-10-4(6)8-13(11,12)9-5(10)7/h2-3H2,1H3,(H2,6,8)(H2,7,9). The van der Waals surface area contributed by atoms with Crippen LogP contribution in [0.2, 0.25) is 0 Å². The molecule has 13 heavy (non-hydrogen) atoms. The summed E-state index contributed by atoms with van der Waals surface area (Å²) in [5.41, 5.74) is 10.7. The Morgan fingerprint density at radius 2 is 1.77 bits per heavy atom. The highest BCUT2D eigenvalue weighted by Crippen LogP contribution is 2.04. The fourth-order valence-corrected chi connectivity index (χ4v) is 1.64. The van der Waals surface area contributed by atoms with Crippen molar-refractivity contribution in [3.05, 3.63) is 0 Å². The molecule has 7 nitrogen and oxygen atoms in total. The molecule has 0 aromatic carbocycles. The molecule has 0 amide bonds. The minimum Gasteiger partial charge on any atom is -0.368 e. The number of hydrogen-bond acceptors (Lipinski definition) is 5. The molecule has 0 bridgehead atoms. The molecule has 0 saturated carbocycles. The van der Waals surface area contributed by atoms with E-state index in [2.05, 4.69) is 8.80 Å². The van der Waals surface area contributed by atoms with Gasteiger partial charge in [0.1, 0.15) is 0 Å². The van der Waals surface area contributed by atoms with E-state index < -0.39 is 10.2 Å². The van der Waals surface area contributed by atoms with Crippen molar-refractivity contribution in [3.8, 4) is 0 Å². The van der Waals surface area contributed by atoms with E-state index in [1.807, 2.05) is 6.92 Å². The van der Waals surface area contributed by atoms with Gasteiger partial charge in [-0.2, -0.15) is 8.42 Å². The summed E-state index contributed by atoms with van der Waals surface area (Å²) >= 11 is 0. The van der Waals surface area contributed by atoms with E-state index in [0.717, 1.165) is 6.42 Å². The van der Waals surface area contributed by atoms with Gasteiger partial charge in [0.25, 0.3) is 0 Å². The van der Waals surface area contributed by atoms with Crippen LogP contribution in [-0.4, -0.2) is 31.8 Å². The molecule has 0 aliphatic carbocycles. The van der Waals surface area contributed by atoms with E-state index in [-0.39, 0.29) is 11.9 Å². The van der Waals surface area contributed by atoms with E-state index in [4.69, 9.17) is 11.5 Å². The molecule has 1 heterocycles. The van der Waals surface area contributed by atoms with Crippen molar-refractivity contribution in [1.82, 2.24) is 4.90 Å². The lowest BCUT2D eigenvalue weighted by molar-refractivity contribution is 0.565. The second kappa shape index (κ2) is 3.21. The number of nitrogens with two attached hydrogens (primary N) is 2. The van der Waals surface area contributed by atoms with Crippen molar-refractivity contribution >= 4 is 22.1 Å². The summed E-state index contributed by atoms with van der Waals surface area (Å²) in [6.07, 6.45) is 0.770. The summed E-state index contributed by atoms with van der Waals surface area (Å²) in [5.74, 6) is -0.260. The van der Waals surface area contributed by atoms with Crippen LogP contribution in [-0.2, 0) is 10.2 Å². The van der Waals surface area contributed by atoms with Crippen LogP contribution in [0.15, 0.2) is 8.80 Å². The largest absolute Gasteiger partial charge is 0.369 e. The maximum absolute atomic E-state index is 10.9. The molecule has 0 aromatic rings. The Morgan fingerprint density at radius 1 is 1.31 bits per heavy atom. The Balaban J connectivity index is 3.00. The van der Waals surface area contributed by atoms with Crippen molar-refractivity contribution < 1.29 is 8.42 Å². The summed E-state index contributed by atoms with van der Waals surface area (Å²) in [4.78, 5) is 1.35. The summed E-state index contributed by atoms with van der Waals surface area (Å²) in [6.45, 7) is 2.41. The maximum Gasteiger partial charge on any atom is 0.369 e. The van der Waals surface area contributed by atoms with Gasteiger partial charge < -0.3 is 11.5 Å². The van der Waals surface area contributed by atoms with Gasteiger partial charge >= 0.3 is 10.2 Å². The zero-order chi connectivity index (χ0) is 10.1. The first kappa shape index (κ1) is 9.78. The second-order valence-electron chi connectivity index (χ2n) is 2.50. The van der Waals surface area contributed by atoms with Gasteiger partial charge in [0.2, 0.25) is 11.9 Å². The number of rotatable bonds is 2. The average molecular weight is 205 g/mol. The number of guanidine groups is 2. The predicted molar refractivity (Wildman–Crippen MR) is 49.2 cm³/mol. The van der Waals surface area contributed by atoms with Gasteiger partial charge in [-0.1, -0.05) is 6.92 Å². The molecule has 0 atom stereocenters. The first-order valence-corrected chi connectivity index (χ1v) is 5.09. The SMILES string of the molecule is CCCN1C(N)=NS(=O)(=O)N=C1N. The Bertz CT molecular complexity index is 331. The fraction of sp³-hybridized carbons (Fsp3) is 0.600. The topological polar surface area (TPSA) is 114 Å². The van der Waals surface area contributed by atoms with E-state index in [1.54, 1.807) is 0 Å². The molecular weight excluding hydrogens is 194 g/mol. The molecule has 1 rings (SSSR count). The van der Waals surface area contributed by atoms with Crippen LogP contribution in [0.3, 0.4) is 0 Å². The molecule has 0 spiro atoms. The zero-order valence-corrected chi connectivity index (χ0v) is 7.95. The van der Waals surface area contributed by atoms with Crippen LogP contribution in [0, 0.1) is 0 Å². The highest BCUT2D eigenvalue weighted by atomic mass is 32.2. The minimum atomic E-state index is -3.85. The van der Waals surface area contributed by atoms with Crippen LogP contribution < -0.4 is 11.5 Å². The Kier molecular flexibility index (Phi) is 2.41. The molecule has 0 unspecified atom stereocenters. The predicted octanol–water partition coefficient (Wildman–Crippen LogP) is -1.41. The number of hydrogen-bond donors (Lipinski definition) is 2. The van der Waals surface area contributed by atoms with E-state index in [0.29, 0.717) is 6.54 Å². The monoisotopic (exact) mass is 205 g/mol. The van der Waals surface area contributed by atoms with Crippen molar-refractivity contribution in [1.29, 1.82) is 0 Å². The second-order valence-corrected chi connectivity index (χ2v) is 3.76. The van der Waals surface area contributed by atoms with Crippen molar-refractivity contribution in [3.63, 3.8) is 0 Å². The first-order valence-electron chi connectivity index (χ1n) is 3.69. The van der Waals surface area contributed by atoms with Crippen LogP contribution in [0.4, 0.5) is 0 Å². The lowest BCUT2D eigenvalue weighted by atomic mass is 10.4. The van der Waals surface area contributed by atoms with Crippen LogP contribution >= 0.6 is 0 Å². The minimum absolute atomic E-state index is 0.130. The molecule has 0 saturated heterocycles.